The van der Waals surface area contributed by atoms with Gasteiger partial charge in [-0.25, -0.2) is 9.18 Å². The van der Waals surface area contributed by atoms with Crippen LogP contribution in [0.25, 0.3) is 0 Å². The predicted octanol–water partition coefficient (Wildman–Crippen LogP) is 4.23. The minimum absolute atomic E-state index is 0.246. The number of carbonyl (C=O) groups excluding carboxylic acids is 2. The van der Waals surface area contributed by atoms with Crippen molar-refractivity contribution in [1.82, 2.24) is 10.6 Å². The van der Waals surface area contributed by atoms with Gasteiger partial charge in [0.15, 0.2) is 0 Å². The quantitative estimate of drug-likeness (QED) is 0.661. The Morgan fingerprint density at radius 3 is 2.41 bits per heavy atom. The van der Waals surface area contributed by atoms with E-state index in [9.17, 15) is 14.0 Å². The largest absolute Gasteiger partial charge is 0.352 e. The molecule has 0 aliphatic rings. The SMILES string of the molecule is CC(C)CNC(=O)c1ccc(NC(=O)NCCc2ccc(F)cc2)cc1Cl. The summed E-state index contributed by atoms with van der Waals surface area (Å²) < 4.78 is 12.9. The van der Waals surface area contributed by atoms with Crippen LogP contribution in [-0.2, 0) is 6.42 Å². The second-order valence-corrected chi connectivity index (χ2v) is 6.96. The van der Waals surface area contributed by atoms with Gasteiger partial charge in [-0.3, -0.25) is 4.79 Å². The van der Waals surface area contributed by atoms with Crippen molar-refractivity contribution in [3.8, 4) is 0 Å². The zero-order chi connectivity index (χ0) is 19.8. The highest BCUT2D eigenvalue weighted by Gasteiger charge is 2.12. The van der Waals surface area contributed by atoms with Gasteiger partial charge in [0.25, 0.3) is 5.91 Å². The van der Waals surface area contributed by atoms with Crippen molar-refractivity contribution >= 4 is 29.2 Å². The minimum atomic E-state index is -0.384. The van der Waals surface area contributed by atoms with Gasteiger partial charge in [0, 0.05) is 18.8 Å². The zero-order valence-electron chi connectivity index (χ0n) is 15.3. The van der Waals surface area contributed by atoms with Crippen molar-refractivity contribution in [2.45, 2.75) is 20.3 Å². The molecule has 0 aromatic heterocycles. The van der Waals surface area contributed by atoms with Gasteiger partial charge in [-0.1, -0.05) is 37.6 Å². The molecule has 2 aromatic rings. The molecular formula is C20H23ClFN3O2. The summed E-state index contributed by atoms with van der Waals surface area (Å²) in [5, 5.41) is 8.45. The molecule has 5 nitrogen and oxygen atoms in total. The van der Waals surface area contributed by atoms with Crippen LogP contribution in [0.15, 0.2) is 42.5 Å². The van der Waals surface area contributed by atoms with Gasteiger partial charge in [0.05, 0.1) is 10.6 Å². The van der Waals surface area contributed by atoms with Crippen molar-refractivity contribution in [3.05, 3.63) is 64.4 Å². The molecule has 7 heteroatoms. The van der Waals surface area contributed by atoms with Crippen LogP contribution in [0.2, 0.25) is 5.02 Å². The van der Waals surface area contributed by atoms with Crippen molar-refractivity contribution in [3.63, 3.8) is 0 Å². The molecule has 3 N–H and O–H groups in total. The third-order valence-corrected chi connectivity index (χ3v) is 4.07. The predicted molar refractivity (Wildman–Crippen MR) is 106 cm³/mol. The van der Waals surface area contributed by atoms with Gasteiger partial charge in [-0.2, -0.15) is 0 Å². The third-order valence-electron chi connectivity index (χ3n) is 3.75. The van der Waals surface area contributed by atoms with Gasteiger partial charge < -0.3 is 16.0 Å². The highest BCUT2D eigenvalue weighted by molar-refractivity contribution is 6.34. The third kappa shape index (κ3) is 6.90. The van der Waals surface area contributed by atoms with Crippen LogP contribution >= 0.6 is 11.6 Å². The first-order valence-corrected chi connectivity index (χ1v) is 9.10. The van der Waals surface area contributed by atoms with Crippen LogP contribution in [0, 0.1) is 11.7 Å². The second-order valence-electron chi connectivity index (χ2n) is 6.56. The number of rotatable bonds is 7. The van der Waals surface area contributed by atoms with Crippen molar-refractivity contribution in [1.29, 1.82) is 0 Å². The van der Waals surface area contributed by atoms with Crippen molar-refractivity contribution in [2.75, 3.05) is 18.4 Å². The number of amides is 3. The molecule has 0 aliphatic carbocycles. The lowest BCUT2D eigenvalue weighted by Crippen LogP contribution is -2.30. The molecule has 2 rings (SSSR count). The molecule has 0 atom stereocenters. The van der Waals surface area contributed by atoms with E-state index in [1.807, 2.05) is 13.8 Å². The number of hydrogen-bond donors (Lipinski definition) is 3. The lowest BCUT2D eigenvalue weighted by Gasteiger charge is -2.11. The zero-order valence-corrected chi connectivity index (χ0v) is 16.1. The number of halogens is 2. The Kier molecular flexibility index (Phi) is 7.61. The molecule has 0 saturated heterocycles. The summed E-state index contributed by atoms with van der Waals surface area (Å²) in [4.78, 5) is 24.0. The smallest absolute Gasteiger partial charge is 0.319 e. The van der Waals surface area contributed by atoms with Gasteiger partial charge in [0.1, 0.15) is 5.82 Å². The second kappa shape index (κ2) is 9.92. The summed E-state index contributed by atoms with van der Waals surface area (Å²) in [5.41, 5.74) is 1.77. The molecule has 0 aliphatic heterocycles. The van der Waals surface area contributed by atoms with E-state index >= 15 is 0 Å². The molecule has 0 unspecified atom stereocenters. The summed E-state index contributed by atoms with van der Waals surface area (Å²) in [6.07, 6.45) is 0.587. The number of nitrogens with one attached hydrogen (secondary N) is 3. The van der Waals surface area contributed by atoms with E-state index < -0.39 is 0 Å². The summed E-state index contributed by atoms with van der Waals surface area (Å²) in [5.74, 6) is -0.195. The van der Waals surface area contributed by atoms with E-state index in [4.69, 9.17) is 11.6 Å². The number of benzene rings is 2. The molecule has 0 fully saturated rings. The van der Waals surface area contributed by atoms with Crippen LogP contribution < -0.4 is 16.0 Å². The van der Waals surface area contributed by atoms with Gasteiger partial charge in [0.2, 0.25) is 0 Å². The summed E-state index contributed by atoms with van der Waals surface area (Å²) in [6, 6.07) is 10.5. The molecule has 0 bridgehead atoms. The Labute approximate surface area is 163 Å². The highest BCUT2D eigenvalue weighted by Crippen LogP contribution is 2.21. The first-order valence-electron chi connectivity index (χ1n) is 8.72. The van der Waals surface area contributed by atoms with E-state index in [1.54, 1.807) is 24.3 Å². The van der Waals surface area contributed by atoms with Crippen molar-refractivity contribution in [2.24, 2.45) is 5.92 Å². The average Bonchev–Trinajstić information content (AvgIpc) is 2.61. The van der Waals surface area contributed by atoms with Crippen LogP contribution in [-0.4, -0.2) is 25.0 Å². The van der Waals surface area contributed by atoms with Crippen LogP contribution in [0.1, 0.15) is 29.8 Å². The number of carbonyl (C=O) groups is 2. The molecule has 2 aromatic carbocycles. The summed E-state index contributed by atoms with van der Waals surface area (Å²) in [7, 11) is 0. The molecule has 27 heavy (non-hydrogen) atoms. The normalized spacial score (nSPS) is 10.6. The average molecular weight is 392 g/mol. The topological polar surface area (TPSA) is 70.2 Å². The number of hydrogen-bond acceptors (Lipinski definition) is 2. The van der Waals surface area contributed by atoms with Gasteiger partial charge in [-0.15, -0.1) is 0 Å². The maximum Gasteiger partial charge on any atom is 0.319 e. The molecule has 3 amide bonds. The number of anilines is 1. The maximum atomic E-state index is 12.9. The summed E-state index contributed by atoms with van der Waals surface area (Å²) >= 11 is 6.16. The van der Waals surface area contributed by atoms with Crippen LogP contribution in [0.3, 0.4) is 0 Å². The van der Waals surface area contributed by atoms with Gasteiger partial charge in [-0.05, 0) is 48.2 Å². The standard InChI is InChI=1S/C20H23ClFN3O2/c1-13(2)12-24-19(26)17-8-7-16(11-18(17)21)25-20(27)23-10-9-14-3-5-15(22)6-4-14/h3-8,11,13H,9-10,12H2,1-2H3,(H,24,26)(H2,23,25,27). The Bertz CT molecular complexity index is 794. The summed E-state index contributed by atoms with van der Waals surface area (Å²) in [6.45, 7) is 4.97. The fourth-order valence-corrected chi connectivity index (χ4v) is 2.58. The fourth-order valence-electron chi connectivity index (χ4n) is 2.32. The number of urea groups is 1. The molecule has 144 valence electrons. The van der Waals surface area contributed by atoms with E-state index in [0.29, 0.717) is 36.7 Å². The Morgan fingerprint density at radius 1 is 1.07 bits per heavy atom. The monoisotopic (exact) mass is 391 g/mol. The van der Waals surface area contributed by atoms with Crippen molar-refractivity contribution < 1.29 is 14.0 Å². The Morgan fingerprint density at radius 2 is 1.78 bits per heavy atom. The maximum absolute atomic E-state index is 12.9. The fraction of sp³-hybridized carbons (Fsp3) is 0.300. The first-order chi connectivity index (χ1) is 12.8. The van der Waals surface area contributed by atoms with E-state index in [0.717, 1.165) is 5.56 Å². The Balaban J connectivity index is 1.83. The van der Waals surface area contributed by atoms with Gasteiger partial charge >= 0.3 is 6.03 Å². The molecule has 0 heterocycles. The Hall–Kier alpha value is -2.60. The molecule has 0 saturated carbocycles. The lowest BCUT2D eigenvalue weighted by atomic mass is 10.1. The first kappa shape index (κ1) is 20.7. The van der Waals surface area contributed by atoms with E-state index in [2.05, 4.69) is 16.0 Å². The lowest BCUT2D eigenvalue weighted by molar-refractivity contribution is 0.0949. The molecular weight excluding hydrogens is 369 g/mol. The van der Waals surface area contributed by atoms with Crippen LogP contribution in [0.4, 0.5) is 14.9 Å². The highest BCUT2D eigenvalue weighted by atomic mass is 35.5. The van der Waals surface area contributed by atoms with Crippen LogP contribution in [0.5, 0.6) is 0 Å². The molecule has 0 spiro atoms. The van der Waals surface area contributed by atoms with E-state index in [-0.39, 0.29) is 22.8 Å². The van der Waals surface area contributed by atoms with E-state index in [1.165, 1.54) is 18.2 Å². The minimum Gasteiger partial charge on any atom is -0.352 e. The molecule has 0 radical (unpaired) electrons.